The van der Waals surface area contributed by atoms with Gasteiger partial charge in [0.05, 0.1) is 11.8 Å². The first-order chi connectivity index (χ1) is 12.2. The molecule has 1 aliphatic carbocycles. The van der Waals surface area contributed by atoms with Crippen LogP contribution in [-0.2, 0) is 23.9 Å². The summed E-state index contributed by atoms with van der Waals surface area (Å²) >= 11 is 0. The predicted octanol–water partition coefficient (Wildman–Crippen LogP) is 0.328. The highest BCUT2D eigenvalue weighted by Gasteiger charge is 2.51. The molecule has 5 amide bonds. The van der Waals surface area contributed by atoms with Gasteiger partial charge in [-0.1, -0.05) is 12.8 Å². The van der Waals surface area contributed by atoms with Gasteiger partial charge in [-0.25, -0.2) is 9.59 Å². The van der Waals surface area contributed by atoms with E-state index in [1.807, 2.05) is 5.32 Å². The molecule has 9 heteroatoms. The quantitative estimate of drug-likeness (QED) is 0.533. The Morgan fingerprint density at radius 1 is 1.08 bits per heavy atom. The van der Waals surface area contributed by atoms with Crippen LogP contribution in [0.25, 0.3) is 0 Å². The first-order valence-electron chi connectivity index (χ1n) is 8.86. The van der Waals surface area contributed by atoms with E-state index in [9.17, 15) is 24.0 Å². The number of ether oxygens (including phenoxy) is 1. The lowest BCUT2D eigenvalue weighted by Gasteiger charge is -2.21. The van der Waals surface area contributed by atoms with Gasteiger partial charge in [-0.3, -0.25) is 24.6 Å². The Labute approximate surface area is 151 Å². The van der Waals surface area contributed by atoms with Crippen LogP contribution in [0.1, 0.15) is 46.5 Å². The molecule has 0 aromatic rings. The van der Waals surface area contributed by atoms with Crippen LogP contribution in [0.5, 0.6) is 0 Å². The van der Waals surface area contributed by atoms with Gasteiger partial charge in [0.2, 0.25) is 11.8 Å². The summed E-state index contributed by atoms with van der Waals surface area (Å²) in [5.74, 6) is -3.04. The average Bonchev–Trinajstić information content (AvgIpc) is 2.82. The lowest BCUT2D eigenvalue weighted by Crippen LogP contribution is -2.46. The van der Waals surface area contributed by atoms with Gasteiger partial charge < -0.3 is 10.1 Å². The molecule has 1 heterocycles. The van der Waals surface area contributed by atoms with Crippen LogP contribution in [0.15, 0.2) is 0 Å². The largest absolute Gasteiger partial charge is 0.454 e. The van der Waals surface area contributed by atoms with Gasteiger partial charge in [0.1, 0.15) is 6.04 Å². The van der Waals surface area contributed by atoms with Gasteiger partial charge in [-0.15, -0.1) is 0 Å². The second-order valence-corrected chi connectivity index (χ2v) is 7.00. The Hall–Kier alpha value is -2.45. The van der Waals surface area contributed by atoms with Crippen molar-refractivity contribution in [2.75, 3.05) is 6.61 Å². The van der Waals surface area contributed by atoms with E-state index < -0.39 is 30.6 Å². The van der Waals surface area contributed by atoms with Crippen molar-refractivity contribution in [2.45, 2.75) is 58.5 Å². The molecule has 1 aliphatic heterocycles. The van der Waals surface area contributed by atoms with Gasteiger partial charge in [0.25, 0.3) is 5.91 Å². The normalized spacial score (nSPS) is 23.5. The summed E-state index contributed by atoms with van der Waals surface area (Å²) < 4.78 is 4.86. The SMILES string of the molecule is CC(C)NC(=O)NC(=O)COC(=O)[C@H](C)N1C(=O)[C@H]2CCCC[C@H]2C1=O. The Balaban J connectivity index is 1.87. The number of hydrogen-bond acceptors (Lipinski definition) is 6. The Morgan fingerprint density at radius 2 is 1.62 bits per heavy atom. The van der Waals surface area contributed by atoms with E-state index in [0.29, 0.717) is 12.8 Å². The number of hydrogen-bond donors (Lipinski definition) is 2. The van der Waals surface area contributed by atoms with Crippen LogP contribution in [-0.4, -0.2) is 53.3 Å². The number of amides is 5. The maximum atomic E-state index is 12.4. The lowest BCUT2D eigenvalue weighted by molar-refractivity contribution is -0.159. The fraction of sp³-hybridized carbons (Fsp3) is 0.706. The van der Waals surface area contributed by atoms with E-state index in [4.69, 9.17) is 4.74 Å². The number of fused-ring (bicyclic) bond motifs is 1. The van der Waals surface area contributed by atoms with Crippen molar-refractivity contribution in [2.24, 2.45) is 11.8 Å². The maximum absolute atomic E-state index is 12.4. The van der Waals surface area contributed by atoms with Crippen LogP contribution in [0, 0.1) is 11.8 Å². The van der Waals surface area contributed by atoms with Gasteiger partial charge in [0.15, 0.2) is 6.61 Å². The van der Waals surface area contributed by atoms with Crippen LogP contribution in [0.4, 0.5) is 4.79 Å². The molecule has 2 fully saturated rings. The number of carbonyl (C=O) groups excluding carboxylic acids is 5. The fourth-order valence-electron chi connectivity index (χ4n) is 3.39. The number of carbonyl (C=O) groups is 5. The Morgan fingerprint density at radius 3 is 2.12 bits per heavy atom. The number of imide groups is 2. The molecule has 0 bridgehead atoms. The number of rotatable bonds is 5. The van der Waals surface area contributed by atoms with Crippen LogP contribution in [0.2, 0.25) is 0 Å². The molecular weight excluding hydrogens is 342 g/mol. The van der Waals surface area contributed by atoms with Gasteiger partial charge in [-0.2, -0.15) is 0 Å². The van der Waals surface area contributed by atoms with E-state index in [2.05, 4.69) is 5.32 Å². The minimum absolute atomic E-state index is 0.152. The van der Waals surface area contributed by atoms with Gasteiger partial charge in [-0.05, 0) is 33.6 Å². The van der Waals surface area contributed by atoms with E-state index in [1.54, 1.807) is 13.8 Å². The van der Waals surface area contributed by atoms with Crippen molar-refractivity contribution in [3.8, 4) is 0 Å². The predicted molar refractivity (Wildman–Crippen MR) is 89.5 cm³/mol. The molecule has 26 heavy (non-hydrogen) atoms. The van der Waals surface area contributed by atoms with E-state index in [-0.39, 0.29) is 29.7 Å². The molecule has 0 radical (unpaired) electrons. The second-order valence-electron chi connectivity index (χ2n) is 7.00. The zero-order valence-corrected chi connectivity index (χ0v) is 15.2. The van der Waals surface area contributed by atoms with Crippen molar-refractivity contribution in [1.82, 2.24) is 15.5 Å². The number of urea groups is 1. The molecule has 0 unspecified atom stereocenters. The number of nitrogens with zero attached hydrogens (tertiary/aromatic N) is 1. The molecule has 1 saturated carbocycles. The zero-order valence-electron chi connectivity index (χ0n) is 15.2. The summed E-state index contributed by atoms with van der Waals surface area (Å²) in [5.41, 5.74) is 0. The van der Waals surface area contributed by atoms with Crippen LogP contribution >= 0.6 is 0 Å². The number of nitrogens with one attached hydrogen (secondary N) is 2. The van der Waals surface area contributed by atoms with Crippen molar-refractivity contribution >= 4 is 29.7 Å². The molecule has 9 nitrogen and oxygen atoms in total. The average molecular weight is 367 g/mol. The lowest BCUT2D eigenvalue weighted by atomic mass is 9.81. The number of likely N-dealkylation sites (tertiary alicyclic amines) is 1. The Bertz CT molecular complexity index is 594. The minimum Gasteiger partial charge on any atom is -0.454 e. The van der Waals surface area contributed by atoms with Crippen LogP contribution < -0.4 is 10.6 Å². The summed E-state index contributed by atoms with van der Waals surface area (Å²) in [6.07, 6.45) is 3.10. The highest BCUT2D eigenvalue weighted by atomic mass is 16.5. The zero-order chi connectivity index (χ0) is 19.4. The summed E-state index contributed by atoms with van der Waals surface area (Å²) in [6.45, 7) is 4.19. The Kier molecular flexibility index (Phi) is 6.33. The topological polar surface area (TPSA) is 122 Å². The monoisotopic (exact) mass is 367 g/mol. The minimum atomic E-state index is -1.10. The fourth-order valence-corrected chi connectivity index (χ4v) is 3.39. The third kappa shape index (κ3) is 4.39. The highest BCUT2D eigenvalue weighted by Crippen LogP contribution is 2.38. The molecule has 2 rings (SSSR count). The maximum Gasteiger partial charge on any atom is 0.329 e. The van der Waals surface area contributed by atoms with Crippen LogP contribution in [0.3, 0.4) is 0 Å². The first kappa shape index (κ1) is 19.9. The molecule has 0 spiro atoms. The van der Waals surface area contributed by atoms with Gasteiger partial charge >= 0.3 is 12.0 Å². The van der Waals surface area contributed by atoms with E-state index in [1.165, 1.54) is 6.92 Å². The summed E-state index contributed by atoms with van der Waals surface area (Å²) in [6, 6.07) is -1.94. The summed E-state index contributed by atoms with van der Waals surface area (Å²) in [5, 5.41) is 4.48. The van der Waals surface area contributed by atoms with Crippen molar-refractivity contribution in [3.63, 3.8) is 0 Å². The molecule has 2 N–H and O–H groups in total. The summed E-state index contributed by atoms with van der Waals surface area (Å²) in [7, 11) is 0. The van der Waals surface area contributed by atoms with Crippen molar-refractivity contribution in [3.05, 3.63) is 0 Å². The first-order valence-corrected chi connectivity index (χ1v) is 8.86. The second kappa shape index (κ2) is 8.29. The summed E-state index contributed by atoms with van der Waals surface area (Å²) in [4.78, 5) is 61.0. The molecular formula is C17H25N3O6. The molecule has 0 aromatic heterocycles. The highest BCUT2D eigenvalue weighted by molar-refractivity contribution is 6.08. The molecule has 2 aliphatic rings. The molecule has 0 aromatic carbocycles. The third-order valence-corrected chi connectivity index (χ3v) is 4.62. The third-order valence-electron chi connectivity index (χ3n) is 4.62. The molecule has 1 saturated heterocycles. The molecule has 144 valence electrons. The smallest absolute Gasteiger partial charge is 0.329 e. The number of esters is 1. The van der Waals surface area contributed by atoms with E-state index in [0.717, 1.165) is 17.7 Å². The van der Waals surface area contributed by atoms with Crippen molar-refractivity contribution < 1.29 is 28.7 Å². The van der Waals surface area contributed by atoms with E-state index >= 15 is 0 Å². The van der Waals surface area contributed by atoms with Gasteiger partial charge in [0, 0.05) is 6.04 Å². The van der Waals surface area contributed by atoms with Crippen molar-refractivity contribution in [1.29, 1.82) is 0 Å². The standard InChI is InChI=1S/C17H25N3O6/c1-9(2)18-17(25)19-13(21)8-26-16(24)10(3)20-14(22)11-6-4-5-7-12(11)15(20)23/h9-12H,4-8H2,1-3H3,(H2,18,19,21,25)/t10-,11-,12+/m0/s1. The molecule has 3 atom stereocenters.